The van der Waals surface area contributed by atoms with Crippen molar-refractivity contribution in [2.75, 3.05) is 0 Å². The van der Waals surface area contributed by atoms with Crippen LogP contribution in [0.1, 0.15) is 49.1 Å². The van der Waals surface area contributed by atoms with E-state index in [2.05, 4.69) is 70.0 Å². The van der Waals surface area contributed by atoms with Crippen molar-refractivity contribution >= 4 is 0 Å². The average molecular weight is 385 g/mol. The minimum Gasteiger partial charge on any atom is -0.488 e. The van der Waals surface area contributed by atoms with Crippen LogP contribution in [0.4, 0.5) is 0 Å². The van der Waals surface area contributed by atoms with E-state index in [1.54, 1.807) is 0 Å². The maximum absolute atomic E-state index is 10.4. The van der Waals surface area contributed by atoms with E-state index in [1.807, 2.05) is 30.3 Å². The molecule has 3 aromatic carbocycles. The number of rotatable bonds is 5. The molecule has 0 aliphatic carbocycles. The van der Waals surface area contributed by atoms with Gasteiger partial charge in [-0.1, -0.05) is 86.9 Å². The molecule has 0 amide bonds. The van der Waals surface area contributed by atoms with E-state index in [0.717, 1.165) is 28.0 Å². The molecule has 2 nitrogen and oxygen atoms in total. The fourth-order valence-electron chi connectivity index (χ4n) is 3.30. The molecular weight excluding hydrogens is 356 g/mol. The molecule has 0 heterocycles. The first kappa shape index (κ1) is 20.7. The predicted molar refractivity (Wildman–Crippen MR) is 120 cm³/mol. The van der Waals surface area contributed by atoms with Crippen LogP contribution < -0.4 is 4.74 Å². The molecule has 0 radical (unpaired) electrons. The lowest BCUT2D eigenvalue weighted by Crippen LogP contribution is -2.15. The van der Waals surface area contributed by atoms with Crippen molar-refractivity contribution in [2.24, 2.45) is 0 Å². The summed E-state index contributed by atoms with van der Waals surface area (Å²) in [5.41, 5.74) is 5.82. The van der Waals surface area contributed by atoms with Crippen molar-refractivity contribution in [3.63, 3.8) is 0 Å². The minimum atomic E-state index is -0.955. The van der Waals surface area contributed by atoms with Gasteiger partial charge >= 0.3 is 0 Å². The number of hydrogen-bond donors (Lipinski definition) is 1. The number of aryl methyl sites for hydroxylation is 1. The van der Waals surface area contributed by atoms with Gasteiger partial charge in [-0.05, 0) is 41.2 Å². The molecule has 148 valence electrons. The Labute approximate surface area is 174 Å². The van der Waals surface area contributed by atoms with Crippen molar-refractivity contribution in [3.8, 4) is 29.2 Å². The van der Waals surface area contributed by atoms with Gasteiger partial charge in [-0.15, -0.1) is 6.42 Å². The minimum absolute atomic E-state index is 0.185. The third kappa shape index (κ3) is 4.88. The summed E-state index contributed by atoms with van der Waals surface area (Å²) in [5, 5.41) is 10.4. The van der Waals surface area contributed by atoms with Crippen LogP contribution in [0.15, 0.2) is 66.7 Å². The topological polar surface area (TPSA) is 29.5 Å². The second kappa shape index (κ2) is 8.55. The number of terminal acetylenes is 1. The number of aliphatic hydroxyl groups is 1. The van der Waals surface area contributed by atoms with E-state index in [4.69, 9.17) is 11.2 Å². The molecule has 0 fully saturated rings. The van der Waals surface area contributed by atoms with Crippen LogP contribution in [-0.4, -0.2) is 5.11 Å². The summed E-state index contributed by atoms with van der Waals surface area (Å²) in [6, 6.07) is 22.4. The zero-order valence-corrected chi connectivity index (χ0v) is 17.6. The van der Waals surface area contributed by atoms with Crippen molar-refractivity contribution in [1.29, 1.82) is 0 Å². The first-order chi connectivity index (χ1) is 13.8. The number of ether oxygens (including phenoxy) is 1. The summed E-state index contributed by atoms with van der Waals surface area (Å²) in [5.74, 6) is 3.27. The molecule has 1 atom stereocenters. The first-order valence-electron chi connectivity index (χ1n) is 9.86. The molecule has 29 heavy (non-hydrogen) atoms. The normalized spacial score (nSPS) is 12.3. The molecule has 0 saturated carbocycles. The Hall–Kier alpha value is -3.02. The van der Waals surface area contributed by atoms with Crippen LogP contribution in [0.2, 0.25) is 0 Å². The van der Waals surface area contributed by atoms with Gasteiger partial charge in [0.15, 0.2) is 0 Å². The smallest absolute Gasteiger partial charge is 0.140 e. The molecule has 0 bridgehead atoms. The summed E-state index contributed by atoms with van der Waals surface area (Å²) in [7, 11) is 0. The van der Waals surface area contributed by atoms with Gasteiger partial charge in [-0.25, -0.2) is 0 Å². The van der Waals surface area contributed by atoms with Crippen LogP contribution in [0.3, 0.4) is 0 Å². The summed E-state index contributed by atoms with van der Waals surface area (Å²) in [6.07, 6.45) is 4.56. The maximum Gasteiger partial charge on any atom is 0.140 e. The Morgan fingerprint density at radius 2 is 1.66 bits per heavy atom. The molecule has 0 aromatic heterocycles. The third-order valence-corrected chi connectivity index (χ3v) is 4.98. The van der Waals surface area contributed by atoms with Crippen molar-refractivity contribution in [3.05, 3.63) is 89.0 Å². The predicted octanol–water partition coefficient (Wildman–Crippen LogP) is 6.21. The summed E-state index contributed by atoms with van der Waals surface area (Å²) >= 11 is 0. The molecule has 3 aromatic rings. The molecule has 0 aliphatic heterocycles. The zero-order chi connectivity index (χ0) is 21.0. The molecule has 1 N–H and O–H groups in total. The zero-order valence-electron chi connectivity index (χ0n) is 17.6. The van der Waals surface area contributed by atoms with E-state index >= 15 is 0 Å². The van der Waals surface area contributed by atoms with Crippen LogP contribution in [-0.2, 0) is 12.0 Å². The Balaban J connectivity index is 2.18. The van der Waals surface area contributed by atoms with Gasteiger partial charge in [-0.2, -0.15) is 0 Å². The number of hydrogen-bond acceptors (Lipinski definition) is 2. The molecule has 0 aliphatic rings. The standard InChI is InChI=1S/C27H28O2/c1-6-25(28)22-16-23(21-14-12-19(2)13-15-21)26(24(17-22)27(3,4)5)29-18-20-10-8-7-9-11-20/h1,7-17,25,28H,18H2,2-5H3. The summed E-state index contributed by atoms with van der Waals surface area (Å²) in [4.78, 5) is 0. The molecule has 0 spiro atoms. The van der Waals surface area contributed by atoms with E-state index in [1.165, 1.54) is 5.56 Å². The van der Waals surface area contributed by atoms with Crippen LogP contribution in [0.5, 0.6) is 5.75 Å². The van der Waals surface area contributed by atoms with Gasteiger partial charge in [-0.3, -0.25) is 0 Å². The molecule has 1 unspecified atom stereocenters. The van der Waals surface area contributed by atoms with Crippen molar-refractivity contribution in [1.82, 2.24) is 0 Å². The van der Waals surface area contributed by atoms with Gasteiger partial charge in [0, 0.05) is 11.1 Å². The molecule has 2 heteroatoms. The Kier molecular flexibility index (Phi) is 6.11. The van der Waals surface area contributed by atoms with Crippen LogP contribution in [0.25, 0.3) is 11.1 Å². The Morgan fingerprint density at radius 1 is 1.00 bits per heavy atom. The number of aliphatic hydroxyl groups excluding tert-OH is 1. The lowest BCUT2D eigenvalue weighted by atomic mass is 9.82. The fourth-order valence-corrected chi connectivity index (χ4v) is 3.30. The lowest BCUT2D eigenvalue weighted by molar-refractivity contribution is 0.238. The first-order valence-corrected chi connectivity index (χ1v) is 9.86. The van der Waals surface area contributed by atoms with Crippen molar-refractivity contribution in [2.45, 2.75) is 45.8 Å². The number of benzene rings is 3. The highest BCUT2D eigenvalue weighted by Gasteiger charge is 2.25. The van der Waals surface area contributed by atoms with Gasteiger partial charge in [0.2, 0.25) is 0 Å². The third-order valence-electron chi connectivity index (χ3n) is 4.98. The summed E-state index contributed by atoms with van der Waals surface area (Å²) < 4.78 is 6.40. The van der Waals surface area contributed by atoms with E-state index in [-0.39, 0.29) is 5.41 Å². The lowest BCUT2D eigenvalue weighted by Gasteiger charge is -2.27. The van der Waals surface area contributed by atoms with Gasteiger partial charge in [0.25, 0.3) is 0 Å². The fraction of sp³-hybridized carbons (Fsp3) is 0.259. The van der Waals surface area contributed by atoms with Crippen LogP contribution in [0, 0.1) is 19.3 Å². The molecule has 0 saturated heterocycles. The Bertz CT molecular complexity index is 1000. The highest BCUT2D eigenvalue weighted by atomic mass is 16.5. The monoisotopic (exact) mass is 384 g/mol. The SMILES string of the molecule is C#CC(O)c1cc(-c2ccc(C)cc2)c(OCc2ccccc2)c(C(C)(C)C)c1. The maximum atomic E-state index is 10.4. The van der Waals surface area contributed by atoms with E-state index < -0.39 is 6.10 Å². The largest absolute Gasteiger partial charge is 0.488 e. The van der Waals surface area contributed by atoms with Gasteiger partial charge in [0.1, 0.15) is 18.5 Å². The molecule has 3 rings (SSSR count). The average Bonchev–Trinajstić information content (AvgIpc) is 2.71. The van der Waals surface area contributed by atoms with E-state index in [9.17, 15) is 5.11 Å². The summed E-state index contributed by atoms with van der Waals surface area (Å²) in [6.45, 7) is 8.96. The highest BCUT2D eigenvalue weighted by Crippen LogP contribution is 2.42. The Morgan fingerprint density at radius 3 is 2.24 bits per heavy atom. The van der Waals surface area contributed by atoms with Gasteiger partial charge < -0.3 is 9.84 Å². The second-order valence-electron chi connectivity index (χ2n) is 8.40. The van der Waals surface area contributed by atoms with Crippen LogP contribution >= 0.6 is 0 Å². The van der Waals surface area contributed by atoms with E-state index in [0.29, 0.717) is 12.2 Å². The highest BCUT2D eigenvalue weighted by molar-refractivity contribution is 5.74. The van der Waals surface area contributed by atoms with Crippen molar-refractivity contribution < 1.29 is 9.84 Å². The van der Waals surface area contributed by atoms with Gasteiger partial charge in [0.05, 0.1) is 0 Å². The second-order valence-corrected chi connectivity index (χ2v) is 8.40. The quantitative estimate of drug-likeness (QED) is 0.530. The molecular formula is C27H28O2.